The number of nitro groups is 1. The smallest absolute Gasteiger partial charge is 0.324 e. The second-order valence-electron chi connectivity index (χ2n) is 4.16. The van der Waals surface area contributed by atoms with Crippen LogP contribution >= 0.6 is 11.3 Å². The van der Waals surface area contributed by atoms with Crippen molar-refractivity contribution in [3.05, 3.63) is 57.7 Å². The van der Waals surface area contributed by atoms with Gasteiger partial charge in [-0.1, -0.05) is 11.3 Å². The highest BCUT2D eigenvalue weighted by molar-refractivity contribution is 7.13. The largest absolute Gasteiger partial charge is 0.381 e. The van der Waals surface area contributed by atoms with Crippen LogP contribution in [0.25, 0.3) is 11.0 Å². The summed E-state index contributed by atoms with van der Waals surface area (Å²) in [5, 5.41) is 15.8. The molecule has 3 aromatic rings. The summed E-state index contributed by atoms with van der Waals surface area (Å²) in [5.74, 6) is 0. The number of aromatic nitrogens is 2. The number of hydrogen-bond donors (Lipinski definition) is 1. The molecule has 2 heterocycles. The predicted molar refractivity (Wildman–Crippen MR) is 77.8 cm³/mol. The lowest BCUT2D eigenvalue weighted by Gasteiger charge is -2.05. The molecule has 0 radical (unpaired) electrons. The van der Waals surface area contributed by atoms with Gasteiger partial charge in [0.2, 0.25) is 0 Å². The molecular weight excluding hydrogens is 276 g/mol. The van der Waals surface area contributed by atoms with Crippen LogP contribution in [0.1, 0.15) is 5.56 Å². The maximum absolute atomic E-state index is 10.6. The molecule has 0 amide bonds. The molecule has 0 saturated heterocycles. The molecule has 1 aromatic carbocycles. The number of anilines is 1. The maximum Gasteiger partial charge on any atom is 0.324 e. The average molecular weight is 286 g/mol. The summed E-state index contributed by atoms with van der Waals surface area (Å²) in [6.07, 6.45) is 3.30. The van der Waals surface area contributed by atoms with E-state index in [-0.39, 0.29) is 9.92 Å². The van der Waals surface area contributed by atoms with Gasteiger partial charge in [-0.05, 0) is 23.8 Å². The molecule has 1 N–H and O–H groups in total. The Morgan fingerprint density at radius 3 is 2.75 bits per heavy atom. The first-order valence-corrected chi connectivity index (χ1v) is 6.77. The highest BCUT2D eigenvalue weighted by Gasteiger charge is 2.09. The molecule has 0 bridgehead atoms. The zero-order valence-electron chi connectivity index (χ0n) is 10.3. The third-order valence-electron chi connectivity index (χ3n) is 2.79. The standard InChI is InChI=1S/C13H10N4O2S/c18-17(19)13-5-9(8-20-13)7-16-10-1-2-11-12(6-10)15-4-3-14-11/h1-6,8,16H,7H2. The first-order chi connectivity index (χ1) is 9.72. The van der Waals surface area contributed by atoms with Crippen LogP contribution in [0.2, 0.25) is 0 Å². The molecule has 0 spiro atoms. The Morgan fingerprint density at radius 1 is 1.20 bits per heavy atom. The molecular formula is C13H10N4O2S. The van der Waals surface area contributed by atoms with E-state index in [4.69, 9.17) is 0 Å². The highest BCUT2D eigenvalue weighted by Crippen LogP contribution is 2.23. The van der Waals surface area contributed by atoms with Crippen LogP contribution in [-0.2, 0) is 6.54 Å². The van der Waals surface area contributed by atoms with Crippen LogP contribution in [0.15, 0.2) is 42.0 Å². The zero-order valence-corrected chi connectivity index (χ0v) is 11.1. The number of nitrogens with zero attached hydrogens (tertiary/aromatic N) is 3. The van der Waals surface area contributed by atoms with Gasteiger partial charge in [0.15, 0.2) is 0 Å². The summed E-state index contributed by atoms with van der Waals surface area (Å²) in [6, 6.07) is 7.29. The van der Waals surface area contributed by atoms with Crippen molar-refractivity contribution in [3.63, 3.8) is 0 Å². The van der Waals surface area contributed by atoms with Crippen molar-refractivity contribution in [2.75, 3.05) is 5.32 Å². The van der Waals surface area contributed by atoms with Gasteiger partial charge in [-0.15, -0.1) is 0 Å². The second-order valence-corrected chi connectivity index (χ2v) is 5.05. The number of fused-ring (bicyclic) bond motifs is 1. The van der Waals surface area contributed by atoms with Crippen molar-refractivity contribution >= 4 is 33.1 Å². The van der Waals surface area contributed by atoms with Crippen LogP contribution in [0.3, 0.4) is 0 Å². The molecule has 2 aromatic heterocycles. The van der Waals surface area contributed by atoms with E-state index < -0.39 is 0 Å². The fraction of sp³-hybridized carbons (Fsp3) is 0.0769. The summed E-state index contributed by atoms with van der Waals surface area (Å²) in [7, 11) is 0. The third kappa shape index (κ3) is 2.57. The van der Waals surface area contributed by atoms with E-state index in [1.165, 1.54) is 0 Å². The quantitative estimate of drug-likeness (QED) is 0.588. The van der Waals surface area contributed by atoms with E-state index in [0.717, 1.165) is 33.6 Å². The molecule has 0 unspecified atom stereocenters. The summed E-state index contributed by atoms with van der Waals surface area (Å²) in [5.41, 5.74) is 3.45. The van der Waals surface area contributed by atoms with Gasteiger partial charge in [0.1, 0.15) is 0 Å². The summed E-state index contributed by atoms with van der Waals surface area (Å²) >= 11 is 1.13. The number of thiophene rings is 1. The molecule has 0 saturated carbocycles. The van der Waals surface area contributed by atoms with E-state index in [9.17, 15) is 10.1 Å². The van der Waals surface area contributed by atoms with Crippen molar-refractivity contribution in [1.82, 2.24) is 9.97 Å². The lowest BCUT2D eigenvalue weighted by Crippen LogP contribution is -1.98. The van der Waals surface area contributed by atoms with E-state index in [2.05, 4.69) is 15.3 Å². The molecule has 0 aliphatic heterocycles. The Balaban J connectivity index is 1.74. The van der Waals surface area contributed by atoms with Crippen LogP contribution < -0.4 is 5.32 Å². The Hall–Kier alpha value is -2.54. The minimum Gasteiger partial charge on any atom is -0.381 e. The van der Waals surface area contributed by atoms with E-state index >= 15 is 0 Å². The fourth-order valence-corrected chi connectivity index (χ4v) is 2.56. The molecule has 0 atom stereocenters. The summed E-state index contributed by atoms with van der Waals surface area (Å²) in [4.78, 5) is 18.7. The lowest BCUT2D eigenvalue weighted by atomic mass is 10.2. The SMILES string of the molecule is O=[N+]([O-])c1cc(CNc2ccc3nccnc3c2)cs1. The van der Waals surface area contributed by atoms with Crippen LogP contribution in [0, 0.1) is 10.1 Å². The van der Waals surface area contributed by atoms with Crippen molar-refractivity contribution in [2.24, 2.45) is 0 Å². The van der Waals surface area contributed by atoms with Gasteiger partial charge in [0.05, 0.1) is 16.0 Å². The zero-order chi connectivity index (χ0) is 13.9. The minimum atomic E-state index is -0.375. The third-order valence-corrected chi connectivity index (χ3v) is 3.71. The second kappa shape index (κ2) is 5.22. The van der Waals surface area contributed by atoms with Gasteiger partial charge in [-0.3, -0.25) is 20.1 Å². The molecule has 3 rings (SSSR count). The predicted octanol–water partition coefficient (Wildman–Crippen LogP) is 3.21. The van der Waals surface area contributed by atoms with Crippen molar-refractivity contribution in [1.29, 1.82) is 0 Å². The molecule has 0 fully saturated rings. The van der Waals surface area contributed by atoms with Gasteiger partial charge in [0.25, 0.3) is 0 Å². The molecule has 100 valence electrons. The lowest BCUT2D eigenvalue weighted by molar-refractivity contribution is -0.380. The molecule has 0 aliphatic rings. The number of hydrogen-bond acceptors (Lipinski definition) is 6. The van der Waals surface area contributed by atoms with Gasteiger partial charge < -0.3 is 5.32 Å². The minimum absolute atomic E-state index is 0.158. The molecule has 0 aliphatic carbocycles. The first kappa shape index (κ1) is 12.5. The number of nitrogens with one attached hydrogen (secondary N) is 1. The molecule has 6 nitrogen and oxygen atoms in total. The van der Waals surface area contributed by atoms with Gasteiger partial charge in [-0.25, -0.2) is 0 Å². The number of rotatable bonds is 4. The van der Waals surface area contributed by atoms with Crippen LogP contribution in [0.4, 0.5) is 10.7 Å². The van der Waals surface area contributed by atoms with Crippen molar-refractivity contribution in [2.45, 2.75) is 6.54 Å². The first-order valence-electron chi connectivity index (χ1n) is 5.89. The van der Waals surface area contributed by atoms with Crippen LogP contribution in [0.5, 0.6) is 0 Å². The topological polar surface area (TPSA) is 81.0 Å². The molecule has 7 heteroatoms. The van der Waals surface area contributed by atoms with Crippen molar-refractivity contribution in [3.8, 4) is 0 Å². The Kier molecular flexibility index (Phi) is 3.26. The maximum atomic E-state index is 10.6. The Bertz CT molecular complexity index is 772. The summed E-state index contributed by atoms with van der Waals surface area (Å²) in [6.45, 7) is 0.538. The Labute approximate surface area is 118 Å². The Morgan fingerprint density at radius 2 is 2.00 bits per heavy atom. The van der Waals surface area contributed by atoms with E-state index in [1.54, 1.807) is 23.8 Å². The number of benzene rings is 1. The van der Waals surface area contributed by atoms with Crippen LogP contribution in [-0.4, -0.2) is 14.9 Å². The van der Waals surface area contributed by atoms with E-state index in [1.807, 2.05) is 18.2 Å². The summed E-state index contributed by atoms with van der Waals surface area (Å²) < 4.78 is 0. The van der Waals surface area contributed by atoms with Gasteiger partial charge in [0, 0.05) is 36.1 Å². The molecule has 20 heavy (non-hydrogen) atoms. The monoisotopic (exact) mass is 286 g/mol. The highest BCUT2D eigenvalue weighted by atomic mass is 32.1. The van der Waals surface area contributed by atoms with Gasteiger partial charge in [-0.2, -0.15) is 0 Å². The fourth-order valence-electron chi connectivity index (χ4n) is 1.83. The van der Waals surface area contributed by atoms with Crippen molar-refractivity contribution < 1.29 is 4.92 Å². The average Bonchev–Trinajstić information content (AvgIpc) is 2.94. The van der Waals surface area contributed by atoms with Gasteiger partial charge >= 0.3 is 5.00 Å². The van der Waals surface area contributed by atoms with E-state index in [0.29, 0.717) is 6.54 Å². The normalized spacial score (nSPS) is 10.6.